The van der Waals surface area contributed by atoms with Gasteiger partial charge in [0.15, 0.2) is 5.69 Å². The van der Waals surface area contributed by atoms with Gasteiger partial charge in [-0.15, -0.1) is 5.10 Å². The minimum Gasteiger partial charge on any atom is -0.476 e. The second-order valence-electron chi connectivity index (χ2n) is 5.62. The van der Waals surface area contributed by atoms with Crippen molar-refractivity contribution < 1.29 is 15.0 Å². The van der Waals surface area contributed by atoms with E-state index < -0.39 is 11.6 Å². The fraction of sp³-hybridized carbons (Fsp3) is 0.750. The van der Waals surface area contributed by atoms with Crippen molar-refractivity contribution in [2.24, 2.45) is 0 Å². The van der Waals surface area contributed by atoms with Crippen LogP contribution in [0.25, 0.3) is 0 Å². The first kappa shape index (κ1) is 14.0. The van der Waals surface area contributed by atoms with Crippen LogP contribution in [0.1, 0.15) is 48.8 Å². The molecule has 0 saturated carbocycles. The molecule has 0 aromatic carbocycles. The summed E-state index contributed by atoms with van der Waals surface area (Å²) in [4.78, 5) is 11.2. The summed E-state index contributed by atoms with van der Waals surface area (Å²) in [5.41, 5.74) is -0.308. The molecule has 0 amide bonds. The van der Waals surface area contributed by atoms with E-state index in [1.165, 1.54) is 0 Å². The highest BCUT2D eigenvalue weighted by Gasteiger charge is 2.29. The molecule has 0 unspecified atom stereocenters. The summed E-state index contributed by atoms with van der Waals surface area (Å²) in [6, 6.07) is 0. The molecule has 1 fully saturated rings. The predicted octanol–water partition coefficient (Wildman–Crippen LogP) is 0.214. The van der Waals surface area contributed by atoms with E-state index in [9.17, 15) is 15.0 Å². The standard InChI is InChI=1S/C12H20N4O3/c1-12(2,19)7-16-10(8-3-5-13-6-4-8)9(11(17)18)14-15-16/h8,13,19H,3-7H2,1-2H3,(H,17,18). The number of hydrogen-bond donors (Lipinski definition) is 3. The number of aromatic carboxylic acids is 1. The van der Waals surface area contributed by atoms with E-state index in [1.807, 2.05) is 0 Å². The van der Waals surface area contributed by atoms with E-state index >= 15 is 0 Å². The van der Waals surface area contributed by atoms with Gasteiger partial charge in [0, 0.05) is 5.92 Å². The van der Waals surface area contributed by atoms with Gasteiger partial charge in [-0.1, -0.05) is 5.21 Å². The summed E-state index contributed by atoms with van der Waals surface area (Å²) in [5.74, 6) is -0.930. The summed E-state index contributed by atoms with van der Waals surface area (Å²) in [6.07, 6.45) is 1.72. The Morgan fingerprint density at radius 2 is 2.11 bits per heavy atom. The normalized spacial score (nSPS) is 17.6. The summed E-state index contributed by atoms with van der Waals surface area (Å²) in [6.45, 7) is 5.30. The largest absolute Gasteiger partial charge is 0.476 e. The summed E-state index contributed by atoms with van der Waals surface area (Å²) in [7, 11) is 0. The molecule has 0 bridgehead atoms. The summed E-state index contributed by atoms with van der Waals surface area (Å²) in [5, 5.41) is 30.0. The third-order valence-electron chi connectivity index (χ3n) is 3.24. The van der Waals surface area contributed by atoms with Gasteiger partial charge in [-0.2, -0.15) is 0 Å². The Morgan fingerprint density at radius 3 is 2.63 bits per heavy atom. The van der Waals surface area contributed by atoms with Crippen LogP contribution >= 0.6 is 0 Å². The first-order valence-electron chi connectivity index (χ1n) is 6.48. The van der Waals surface area contributed by atoms with Gasteiger partial charge in [0.25, 0.3) is 0 Å². The van der Waals surface area contributed by atoms with Gasteiger partial charge in [0.05, 0.1) is 17.8 Å². The zero-order chi connectivity index (χ0) is 14.0. The van der Waals surface area contributed by atoms with Crippen LogP contribution in [0.3, 0.4) is 0 Å². The molecule has 106 valence electrons. The van der Waals surface area contributed by atoms with Crippen LogP contribution in [0.15, 0.2) is 0 Å². The van der Waals surface area contributed by atoms with E-state index in [-0.39, 0.29) is 18.2 Å². The molecule has 7 nitrogen and oxygen atoms in total. The lowest BCUT2D eigenvalue weighted by Gasteiger charge is -2.25. The Hall–Kier alpha value is -1.47. The number of piperidine rings is 1. The van der Waals surface area contributed by atoms with Gasteiger partial charge in [-0.3, -0.25) is 0 Å². The van der Waals surface area contributed by atoms with Gasteiger partial charge in [0.2, 0.25) is 0 Å². The molecule has 1 aromatic rings. The number of hydrogen-bond acceptors (Lipinski definition) is 5. The minimum absolute atomic E-state index is 0.0103. The number of carbonyl (C=O) groups is 1. The van der Waals surface area contributed by atoms with Crippen molar-refractivity contribution >= 4 is 5.97 Å². The van der Waals surface area contributed by atoms with E-state index in [0.29, 0.717) is 5.69 Å². The summed E-state index contributed by atoms with van der Waals surface area (Å²) >= 11 is 0. The fourth-order valence-electron chi connectivity index (χ4n) is 2.46. The number of nitrogens with zero attached hydrogens (tertiary/aromatic N) is 3. The maximum Gasteiger partial charge on any atom is 0.358 e. The van der Waals surface area contributed by atoms with Gasteiger partial charge in [0.1, 0.15) is 0 Å². The molecule has 0 radical (unpaired) electrons. The van der Waals surface area contributed by atoms with Crippen LogP contribution in [0.4, 0.5) is 0 Å². The number of carboxylic acid groups (broad SMARTS) is 1. The third-order valence-corrected chi connectivity index (χ3v) is 3.24. The number of aliphatic hydroxyl groups is 1. The molecule has 1 saturated heterocycles. The van der Waals surface area contributed by atoms with Crippen molar-refractivity contribution in [1.82, 2.24) is 20.3 Å². The summed E-state index contributed by atoms with van der Waals surface area (Å²) < 4.78 is 1.54. The maximum absolute atomic E-state index is 11.2. The van der Waals surface area contributed by atoms with Crippen molar-refractivity contribution in [3.63, 3.8) is 0 Å². The number of rotatable bonds is 4. The maximum atomic E-state index is 11.2. The van der Waals surface area contributed by atoms with Crippen LogP contribution in [-0.4, -0.2) is 49.9 Å². The highest BCUT2D eigenvalue weighted by atomic mass is 16.4. The molecular formula is C12H20N4O3. The van der Waals surface area contributed by atoms with Crippen LogP contribution < -0.4 is 5.32 Å². The van der Waals surface area contributed by atoms with E-state index in [2.05, 4.69) is 15.6 Å². The lowest BCUT2D eigenvalue weighted by molar-refractivity contribution is 0.0553. The average molecular weight is 268 g/mol. The molecule has 7 heteroatoms. The molecule has 2 rings (SSSR count). The molecule has 2 heterocycles. The van der Waals surface area contributed by atoms with Gasteiger partial charge in [-0.05, 0) is 39.8 Å². The number of carboxylic acids is 1. The highest BCUT2D eigenvalue weighted by molar-refractivity contribution is 5.86. The lowest BCUT2D eigenvalue weighted by atomic mass is 9.92. The van der Waals surface area contributed by atoms with E-state index in [1.54, 1.807) is 18.5 Å². The predicted molar refractivity (Wildman–Crippen MR) is 68.1 cm³/mol. The Morgan fingerprint density at radius 1 is 1.47 bits per heavy atom. The van der Waals surface area contributed by atoms with Crippen LogP contribution in [0.2, 0.25) is 0 Å². The van der Waals surface area contributed by atoms with Crippen LogP contribution in [0, 0.1) is 0 Å². The van der Waals surface area contributed by atoms with Crippen molar-refractivity contribution in [3.05, 3.63) is 11.4 Å². The first-order valence-corrected chi connectivity index (χ1v) is 6.48. The van der Waals surface area contributed by atoms with Crippen LogP contribution in [-0.2, 0) is 6.54 Å². The topological polar surface area (TPSA) is 100 Å². The molecule has 3 N–H and O–H groups in total. The smallest absolute Gasteiger partial charge is 0.358 e. The Labute approximate surface area is 111 Å². The molecule has 0 aliphatic carbocycles. The van der Waals surface area contributed by atoms with Crippen molar-refractivity contribution in [2.75, 3.05) is 13.1 Å². The monoisotopic (exact) mass is 268 g/mol. The second kappa shape index (κ2) is 5.26. The quantitative estimate of drug-likeness (QED) is 0.722. The average Bonchev–Trinajstić information content (AvgIpc) is 2.71. The molecule has 0 spiro atoms. The second-order valence-corrected chi connectivity index (χ2v) is 5.62. The Bertz CT molecular complexity index is 458. The van der Waals surface area contributed by atoms with E-state index in [0.717, 1.165) is 25.9 Å². The van der Waals surface area contributed by atoms with Crippen LogP contribution in [0.5, 0.6) is 0 Å². The van der Waals surface area contributed by atoms with E-state index in [4.69, 9.17) is 0 Å². The lowest BCUT2D eigenvalue weighted by Crippen LogP contribution is -2.32. The Balaban J connectivity index is 2.35. The highest BCUT2D eigenvalue weighted by Crippen LogP contribution is 2.28. The number of nitrogens with one attached hydrogen (secondary N) is 1. The van der Waals surface area contributed by atoms with Gasteiger partial charge in [-0.25, -0.2) is 9.48 Å². The van der Waals surface area contributed by atoms with Crippen molar-refractivity contribution in [1.29, 1.82) is 0 Å². The van der Waals surface area contributed by atoms with Crippen molar-refractivity contribution in [3.8, 4) is 0 Å². The molecular weight excluding hydrogens is 248 g/mol. The fourth-order valence-corrected chi connectivity index (χ4v) is 2.46. The van der Waals surface area contributed by atoms with Gasteiger partial charge < -0.3 is 15.5 Å². The SMILES string of the molecule is CC(C)(O)Cn1nnc(C(=O)O)c1C1CCNCC1. The first-order chi connectivity index (χ1) is 8.88. The molecule has 19 heavy (non-hydrogen) atoms. The molecule has 1 aliphatic rings. The number of aromatic nitrogens is 3. The minimum atomic E-state index is -1.06. The zero-order valence-electron chi connectivity index (χ0n) is 11.3. The van der Waals surface area contributed by atoms with Gasteiger partial charge >= 0.3 is 5.97 Å². The molecule has 1 aliphatic heterocycles. The zero-order valence-corrected chi connectivity index (χ0v) is 11.3. The molecule has 0 atom stereocenters. The Kier molecular flexibility index (Phi) is 3.86. The molecule has 1 aromatic heterocycles. The third kappa shape index (κ3) is 3.30. The van der Waals surface area contributed by atoms with Crippen molar-refractivity contribution in [2.45, 2.75) is 44.8 Å².